The molecule has 20 heteroatoms. The minimum Gasteiger partial charge on any atom is -0.497 e. The van der Waals surface area contributed by atoms with Gasteiger partial charge < -0.3 is 19.3 Å². The number of terminal acetylenes is 4. The Balaban J connectivity index is 0.000000131. The number of ether oxygens (including phenoxy) is 3. The molecule has 1 N–H and O–H groups in total. The van der Waals surface area contributed by atoms with Gasteiger partial charge in [0.25, 0.3) is 22.2 Å². The molecule has 0 amide bonds. The maximum absolute atomic E-state index is 13.3. The first kappa shape index (κ1) is 80.1. The molecule has 1 aliphatic rings. The van der Waals surface area contributed by atoms with Gasteiger partial charge in [-0.25, -0.2) is 39.9 Å². The van der Waals surface area contributed by atoms with E-state index in [9.17, 15) is 24.3 Å². The Morgan fingerprint density at radius 2 is 0.758 bits per heavy atom. The van der Waals surface area contributed by atoms with E-state index in [1.54, 1.807) is 173 Å². The molecule has 0 atom stereocenters. The largest absolute Gasteiger partial charge is 0.497 e. The van der Waals surface area contributed by atoms with Gasteiger partial charge in [-0.2, -0.15) is 0 Å². The van der Waals surface area contributed by atoms with Crippen LogP contribution in [-0.4, -0.2) is 77.1 Å². The van der Waals surface area contributed by atoms with Gasteiger partial charge >= 0.3 is 0 Å². The van der Waals surface area contributed by atoms with Crippen molar-refractivity contribution in [3.63, 3.8) is 0 Å². The van der Waals surface area contributed by atoms with Gasteiger partial charge in [0.05, 0.1) is 58.0 Å². The Morgan fingerprint density at radius 3 is 1.12 bits per heavy atom. The lowest BCUT2D eigenvalue weighted by Crippen LogP contribution is -2.22. The topological polar surface area (TPSA) is 239 Å². The van der Waals surface area contributed by atoms with Gasteiger partial charge in [0, 0.05) is 52.6 Å². The molecule has 0 saturated heterocycles. The number of pyridine rings is 4. The number of rotatable bonds is 14. The second-order valence-corrected chi connectivity index (χ2v) is 27.5. The fourth-order valence-corrected chi connectivity index (χ4v) is 13.3. The van der Waals surface area contributed by atoms with Gasteiger partial charge in [-0.05, 0) is 273 Å². The van der Waals surface area contributed by atoms with Crippen LogP contribution in [0.3, 0.4) is 0 Å². The van der Waals surface area contributed by atoms with Crippen molar-refractivity contribution in [1.29, 1.82) is 0 Å². The summed E-state index contributed by atoms with van der Waals surface area (Å²) >= 11 is 0. The van der Waals surface area contributed by atoms with Crippen LogP contribution in [0.1, 0.15) is 101 Å². The first-order chi connectivity index (χ1) is 58.4. The van der Waals surface area contributed by atoms with Gasteiger partial charge in [0.15, 0.2) is 34.1 Å². The molecule has 0 aliphatic carbocycles. The van der Waals surface area contributed by atoms with E-state index < -0.39 is 0 Å². The number of hydrogen-bond donors (Lipinski definition) is 1. The summed E-state index contributed by atoms with van der Waals surface area (Å²) in [5.41, 5.74) is 16.8. The molecule has 0 fully saturated rings. The van der Waals surface area contributed by atoms with E-state index in [0.717, 1.165) is 66.9 Å². The van der Waals surface area contributed by atoms with Crippen molar-refractivity contribution < 1.29 is 19.3 Å². The van der Waals surface area contributed by atoms with Crippen LogP contribution < -0.4 is 36.4 Å². The van der Waals surface area contributed by atoms with Crippen molar-refractivity contribution in [1.82, 2.24) is 58.1 Å². The van der Waals surface area contributed by atoms with Crippen LogP contribution in [0, 0.1) is 84.0 Å². The third-order valence-electron chi connectivity index (χ3n) is 19.7. The van der Waals surface area contributed by atoms with Crippen molar-refractivity contribution in [2.24, 2.45) is 0 Å². The number of benzene rings is 8. The lowest BCUT2D eigenvalue weighted by Gasteiger charge is -2.11. The van der Waals surface area contributed by atoms with E-state index in [-0.39, 0.29) is 35.6 Å². The number of aliphatic hydroxyl groups excluding tert-OH is 1. The molecule has 0 spiro atoms. The van der Waals surface area contributed by atoms with E-state index in [1.165, 1.54) is 21.3 Å². The van der Waals surface area contributed by atoms with Gasteiger partial charge in [0.1, 0.15) is 29.0 Å². The third-order valence-corrected chi connectivity index (χ3v) is 19.7. The summed E-state index contributed by atoms with van der Waals surface area (Å²) in [5, 5.41) is 11.4. The van der Waals surface area contributed by atoms with E-state index in [0.29, 0.717) is 102 Å². The Kier molecular flexibility index (Phi) is 24.2. The predicted octanol–water partition coefficient (Wildman–Crippen LogP) is 16.5. The fourth-order valence-electron chi connectivity index (χ4n) is 13.3. The molecule has 0 bridgehead atoms. The molecule has 8 aromatic carbocycles. The molecule has 120 heavy (non-hydrogen) atoms. The van der Waals surface area contributed by atoms with Crippen molar-refractivity contribution in [2.45, 2.75) is 41.2 Å². The van der Waals surface area contributed by atoms with Crippen molar-refractivity contribution in [3.8, 4) is 89.4 Å². The van der Waals surface area contributed by atoms with Crippen LogP contribution in [0.25, 0.3) is 115 Å². The summed E-state index contributed by atoms with van der Waals surface area (Å²) < 4.78 is 22.6. The number of methoxy groups -OCH3 is 1. The van der Waals surface area contributed by atoms with Crippen LogP contribution in [0.5, 0.6) is 17.2 Å². The summed E-state index contributed by atoms with van der Waals surface area (Å²) in [7, 11) is 1.64. The van der Waals surface area contributed by atoms with Crippen LogP contribution in [0.4, 0.5) is 0 Å². The molecule has 0 saturated carbocycles. The molecular formula is C100H74N12O8. The molecule has 0 unspecified atom stereocenters. The standard InChI is InChI=1S/C26H21N3O.2C25H19N3O2.C24H15N3O3/c1-5-20-8-11-22(12-9-20)29-24(28-25-23(26(29)30)7-6-14-27-25)13-10-21-15-17(2)19(4)18(3)16-21;1-4-18-7-10-20(11-8-18)28-23(27-24-22(25(28)29)6-5-13-26-24)12-9-19-14-17(2)15-21(16-19)30-3;1-3-18-7-11-21(12-8-18)28-23(27-24-22(25(28)30)5-4-14-26-24)13-10-19-15-17(2)6-9-20(19)16-29;1-2-16-8-11-18(12-9-16)27-21(26-23-19(24(27)28)6-4-14-25-23)13-10-17-5-3-7-20-22(17)30-15-29-20/h1,6-16H,2-4H3;1,5-16H,2-3H3;1,4-15,29H,16H2,2H3;1,3-14H,15H2/b13-10+;12-9+;2*13-10+. The summed E-state index contributed by atoms with van der Waals surface area (Å²) in [4.78, 5) is 88.6. The Labute approximate surface area is 690 Å². The molecule has 1 aliphatic heterocycles. The summed E-state index contributed by atoms with van der Waals surface area (Å²) in [6.45, 7) is 10.4. The van der Waals surface area contributed by atoms with Crippen LogP contribution in [0.15, 0.2) is 256 Å². The number of aryl methyl sites for hydroxylation is 4. The molecular weight excluding hydrogens is 1500 g/mol. The van der Waals surface area contributed by atoms with E-state index in [4.69, 9.17) is 39.9 Å². The van der Waals surface area contributed by atoms with E-state index >= 15 is 0 Å². The van der Waals surface area contributed by atoms with Crippen molar-refractivity contribution in [3.05, 3.63) is 380 Å². The average molecular weight is 1570 g/mol. The number of nitrogens with zero attached hydrogens (tertiary/aromatic N) is 12. The normalized spacial score (nSPS) is 11.4. The van der Waals surface area contributed by atoms with Gasteiger partial charge in [-0.3, -0.25) is 37.4 Å². The number of aliphatic hydroxyl groups is 1. The zero-order chi connectivity index (χ0) is 83.9. The first-order valence-electron chi connectivity index (χ1n) is 37.8. The number of aromatic nitrogens is 12. The number of hydrogen-bond acceptors (Lipinski definition) is 16. The second kappa shape index (κ2) is 36.3. The zero-order valence-corrected chi connectivity index (χ0v) is 66.0. The fraction of sp³-hybridized carbons (Fsp3) is 0.0800. The van der Waals surface area contributed by atoms with Crippen molar-refractivity contribution in [2.75, 3.05) is 13.9 Å². The number of para-hydroxylation sites is 1. The zero-order valence-electron chi connectivity index (χ0n) is 66.0. The Hall–Kier alpha value is -16.5. The smallest absolute Gasteiger partial charge is 0.267 e. The van der Waals surface area contributed by atoms with Gasteiger partial charge in [-0.1, -0.05) is 96.0 Å². The molecule has 8 aromatic heterocycles. The maximum atomic E-state index is 13.3. The van der Waals surface area contributed by atoms with Gasteiger partial charge in [-0.15, -0.1) is 25.7 Å². The molecule has 0 radical (unpaired) electrons. The lowest BCUT2D eigenvalue weighted by atomic mass is 10.0. The van der Waals surface area contributed by atoms with Crippen molar-refractivity contribution >= 4 is 92.7 Å². The highest BCUT2D eigenvalue weighted by molar-refractivity contribution is 5.82. The first-order valence-corrected chi connectivity index (χ1v) is 37.8. The van der Waals surface area contributed by atoms with Crippen LogP contribution in [-0.2, 0) is 6.61 Å². The minimum atomic E-state index is -0.215. The molecule has 17 rings (SSSR count). The summed E-state index contributed by atoms with van der Waals surface area (Å²) in [6, 6.07) is 64.3. The number of fused-ring (bicyclic) bond motifs is 5. The van der Waals surface area contributed by atoms with E-state index in [1.807, 2.05) is 135 Å². The highest BCUT2D eigenvalue weighted by atomic mass is 16.7. The third kappa shape index (κ3) is 17.7. The summed E-state index contributed by atoms with van der Waals surface area (Å²) in [6.07, 6.45) is 43.1. The SMILES string of the molecule is C#Cc1ccc(-n2c(/C=C/c3cc(C)c(C)c(C)c3)nc3ncccc3c2=O)cc1.C#Cc1ccc(-n2c(/C=C/c3cc(C)cc(OC)c3)nc3ncccc3c2=O)cc1.C#Cc1ccc(-n2c(/C=C/c3cc(C)ccc3CO)nc3ncccc3c2=O)cc1.C#Cc1ccc(-n2c(/C=C/c3cccc4c3OCO4)nc3ncccc3c2=O)cc1. The highest BCUT2D eigenvalue weighted by Crippen LogP contribution is 2.37. The second-order valence-electron chi connectivity index (χ2n) is 27.5. The van der Waals surface area contributed by atoms with Crippen LogP contribution in [0.2, 0.25) is 0 Å². The predicted molar refractivity (Wildman–Crippen MR) is 476 cm³/mol. The average Bonchev–Trinajstić information content (AvgIpc) is 0.901. The monoisotopic (exact) mass is 1570 g/mol. The van der Waals surface area contributed by atoms with Crippen LogP contribution >= 0.6 is 0 Å². The quantitative estimate of drug-likeness (QED) is 0.0996. The highest BCUT2D eigenvalue weighted by Gasteiger charge is 2.20. The molecule has 16 aromatic rings. The molecule has 9 heterocycles. The van der Waals surface area contributed by atoms with Gasteiger partial charge in [0.2, 0.25) is 6.79 Å². The molecule has 20 nitrogen and oxygen atoms in total. The summed E-state index contributed by atoms with van der Waals surface area (Å²) in [5.74, 6) is 14.3. The van der Waals surface area contributed by atoms with E-state index in [2.05, 4.69) is 96.5 Å². The minimum absolute atomic E-state index is 0.0764. The Bertz CT molecular complexity index is 7050. The lowest BCUT2D eigenvalue weighted by molar-refractivity contribution is 0.174. The Morgan fingerprint density at radius 1 is 0.392 bits per heavy atom. The molecule has 582 valence electrons. The maximum Gasteiger partial charge on any atom is 0.267 e.